The Morgan fingerprint density at radius 1 is 1.38 bits per heavy atom. The van der Waals surface area contributed by atoms with E-state index in [0.717, 1.165) is 12.5 Å². The molecule has 2 N–H and O–H groups in total. The predicted molar refractivity (Wildman–Crippen MR) is 72.9 cm³/mol. The summed E-state index contributed by atoms with van der Waals surface area (Å²) in [4.78, 5) is 2.71. The quantitative estimate of drug-likeness (QED) is 0.820. The lowest BCUT2D eigenvalue weighted by Crippen LogP contribution is -2.56. The van der Waals surface area contributed by atoms with Crippen molar-refractivity contribution in [3.8, 4) is 0 Å². The van der Waals surface area contributed by atoms with Crippen molar-refractivity contribution in [1.82, 2.24) is 4.90 Å². The Morgan fingerprint density at radius 2 is 2.12 bits per heavy atom. The molecule has 3 heteroatoms. The topological polar surface area (TPSA) is 29.3 Å². The molecule has 0 spiro atoms. The summed E-state index contributed by atoms with van der Waals surface area (Å²) in [5, 5.41) is 0. The molecule has 0 aliphatic carbocycles. The van der Waals surface area contributed by atoms with E-state index < -0.39 is 0 Å². The molecule has 2 heterocycles. The highest BCUT2D eigenvalue weighted by Crippen LogP contribution is 2.35. The van der Waals surface area contributed by atoms with Crippen LogP contribution in [0.25, 0.3) is 0 Å². The van der Waals surface area contributed by atoms with Gasteiger partial charge in [0.15, 0.2) is 0 Å². The third-order valence-electron chi connectivity index (χ3n) is 4.44. The number of likely N-dealkylation sites (tertiary alicyclic amines) is 1. The summed E-state index contributed by atoms with van der Waals surface area (Å²) in [6, 6.07) is 0. The lowest BCUT2D eigenvalue weighted by molar-refractivity contribution is 0.0706. The molecule has 2 aliphatic rings. The van der Waals surface area contributed by atoms with E-state index in [1.54, 1.807) is 0 Å². The molecule has 2 saturated heterocycles. The van der Waals surface area contributed by atoms with E-state index in [1.807, 2.05) is 0 Å². The van der Waals surface area contributed by atoms with E-state index in [4.69, 9.17) is 5.73 Å². The van der Waals surface area contributed by atoms with E-state index >= 15 is 0 Å². The zero-order valence-electron chi connectivity index (χ0n) is 10.6. The van der Waals surface area contributed by atoms with Crippen LogP contribution < -0.4 is 5.73 Å². The molecule has 2 fully saturated rings. The van der Waals surface area contributed by atoms with Gasteiger partial charge < -0.3 is 5.73 Å². The van der Waals surface area contributed by atoms with Crippen LogP contribution in [-0.4, -0.2) is 41.6 Å². The van der Waals surface area contributed by atoms with E-state index in [-0.39, 0.29) is 0 Å². The van der Waals surface area contributed by atoms with E-state index in [0.29, 0.717) is 5.54 Å². The second kappa shape index (κ2) is 5.74. The molecule has 0 bridgehead atoms. The zero-order valence-corrected chi connectivity index (χ0v) is 11.4. The molecule has 0 aromatic heterocycles. The average Bonchev–Trinajstić information content (AvgIpc) is 2.80. The zero-order chi connectivity index (χ0) is 11.4. The molecule has 0 amide bonds. The summed E-state index contributed by atoms with van der Waals surface area (Å²) in [5.41, 5.74) is 6.40. The van der Waals surface area contributed by atoms with Crippen LogP contribution in [0, 0.1) is 5.92 Å². The molecule has 1 atom stereocenters. The monoisotopic (exact) mass is 242 g/mol. The number of thioether (sulfide) groups is 1. The summed E-state index contributed by atoms with van der Waals surface area (Å²) < 4.78 is 0. The fourth-order valence-electron chi connectivity index (χ4n) is 3.24. The minimum absolute atomic E-state index is 0.363. The number of piperidine rings is 1. The average molecular weight is 242 g/mol. The number of nitrogens with zero attached hydrogens (tertiary/aromatic N) is 1. The minimum atomic E-state index is 0.363. The lowest BCUT2D eigenvalue weighted by atomic mass is 9.88. The van der Waals surface area contributed by atoms with Crippen molar-refractivity contribution in [2.45, 2.75) is 44.6 Å². The van der Waals surface area contributed by atoms with Gasteiger partial charge in [0.2, 0.25) is 0 Å². The molecule has 0 aromatic carbocycles. The van der Waals surface area contributed by atoms with Gasteiger partial charge in [-0.3, -0.25) is 4.90 Å². The Morgan fingerprint density at radius 3 is 2.62 bits per heavy atom. The highest BCUT2D eigenvalue weighted by molar-refractivity contribution is 7.99. The summed E-state index contributed by atoms with van der Waals surface area (Å²) >= 11 is 2.09. The fourth-order valence-corrected chi connectivity index (χ4v) is 4.73. The van der Waals surface area contributed by atoms with Gasteiger partial charge in [-0.15, -0.1) is 0 Å². The summed E-state index contributed by atoms with van der Waals surface area (Å²) in [6.07, 6.45) is 6.90. The van der Waals surface area contributed by atoms with Crippen LogP contribution in [0.15, 0.2) is 0 Å². The first kappa shape index (κ1) is 12.7. The van der Waals surface area contributed by atoms with Gasteiger partial charge >= 0.3 is 0 Å². The molecule has 0 radical (unpaired) electrons. The van der Waals surface area contributed by atoms with Crippen LogP contribution in [0.2, 0.25) is 0 Å². The Balaban J connectivity index is 1.87. The molecule has 0 aromatic rings. The third kappa shape index (κ3) is 2.57. The smallest absolute Gasteiger partial charge is 0.0429 e. The molecule has 16 heavy (non-hydrogen) atoms. The Bertz CT molecular complexity index is 206. The molecule has 94 valence electrons. The molecular weight excluding hydrogens is 216 g/mol. The number of nitrogens with two attached hydrogens (primary N) is 1. The van der Waals surface area contributed by atoms with Crippen LogP contribution in [-0.2, 0) is 0 Å². The van der Waals surface area contributed by atoms with Crippen molar-refractivity contribution in [2.75, 3.05) is 31.1 Å². The van der Waals surface area contributed by atoms with Crippen molar-refractivity contribution < 1.29 is 0 Å². The van der Waals surface area contributed by atoms with Gasteiger partial charge in [0.25, 0.3) is 0 Å². The Hall–Kier alpha value is 0.270. The van der Waals surface area contributed by atoms with E-state index in [1.165, 1.54) is 56.7 Å². The number of rotatable bonds is 4. The van der Waals surface area contributed by atoms with Crippen LogP contribution in [0.3, 0.4) is 0 Å². The molecule has 1 unspecified atom stereocenters. The number of hydrogen-bond acceptors (Lipinski definition) is 3. The van der Waals surface area contributed by atoms with Crippen molar-refractivity contribution in [1.29, 1.82) is 0 Å². The second-order valence-electron chi connectivity index (χ2n) is 5.45. The van der Waals surface area contributed by atoms with Gasteiger partial charge in [-0.25, -0.2) is 0 Å². The van der Waals surface area contributed by atoms with Crippen LogP contribution in [0.5, 0.6) is 0 Å². The van der Waals surface area contributed by atoms with E-state index in [9.17, 15) is 0 Å². The minimum Gasteiger partial charge on any atom is -0.329 e. The molecule has 0 saturated carbocycles. The van der Waals surface area contributed by atoms with Gasteiger partial charge in [-0.1, -0.05) is 19.8 Å². The standard InChI is InChI=1S/C13H26N2S/c1-2-3-12-4-7-15(8-5-12)13(10-14)6-9-16-11-13/h12H,2-11,14H2,1H3. The first-order valence-electron chi connectivity index (χ1n) is 6.83. The maximum absolute atomic E-state index is 6.04. The maximum atomic E-state index is 6.04. The fraction of sp³-hybridized carbons (Fsp3) is 1.00. The highest BCUT2D eigenvalue weighted by atomic mass is 32.2. The van der Waals surface area contributed by atoms with E-state index in [2.05, 4.69) is 23.6 Å². The Labute approximate surface area is 104 Å². The van der Waals surface area contributed by atoms with Gasteiger partial charge in [-0.05, 0) is 44.0 Å². The van der Waals surface area contributed by atoms with Crippen molar-refractivity contribution in [2.24, 2.45) is 11.7 Å². The van der Waals surface area contributed by atoms with Gasteiger partial charge in [-0.2, -0.15) is 11.8 Å². The van der Waals surface area contributed by atoms with Crippen molar-refractivity contribution in [3.05, 3.63) is 0 Å². The normalized spacial score (nSPS) is 33.4. The maximum Gasteiger partial charge on any atom is 0.0429 e. The van der Waals surface area contributed by atoms with Crippen LogP contribution >= 0.6 is 11.8 Å². The Kier molecular flexibility index (Phi) is 4.57. The second-order valence-corrected chi connectivity index (χ2v) is 6.56. The van der Waals surface area contributed by atoms with Crippen LogP contribution in [0.4, 0.5) is 0 Å². The largest absolute Gasteiger partial charge is 0.329 e. The lowest BCUT2D eigenvalue weighted by Gasteiger charge is -2.44. The molecule has 2 aliphatic heterocycles. The first-order chi connectivity index (χ1) is 7.80. The molecule has 2 nitrogen and oxygen atoms in total. The van der Waals surface area contributed by atoms with Gasteiger partial charge in [0.1, 0.15) is 0 Å². The predicted octanol–water partition coefficient (Wildman–Crippen LogP) is 2.33. The van der Waals surface area contributed by atoms with Crippen molar-refractivity contribution >= 4 is 11.8 Å². The van der Waals surface area contributed by atoms with Gasteiger partial charge in [0.05, 0.1) is 0 Å². The van der Waals surface area contributed by atoms with Gasteiger partial charge in [0, 0.05) is 17.8 Å². The summed E-state index contributed by atoms with van der Waals surface area (Å²) in [6.45, 7) is 5.75. The first-order valence-corrected chi connectivity index (χ1v) is 7.99. The third-order valence-corrected chi connectivity index (χ3v) is 5.68. The summed E-state index contributed by atoms with van der Waals surface area (Å²) in [5.74, 6) is 3.57. The number of hydrogen-bond donors (Lipinski definition) is 1. The molecular formula is C13H26N2S. The highest BCUT2D eigenvalue weighted by Gasteiger charge is 2.40. The van der Waals surface area contributed by atoms with Crippen molar-refractivity contribution in [3.63, 3.8) is 0 Å². The summed E-state index contributed by atoms with van der Waals surface area (Å²) in [7, 11) is 0. The molecule has 2 rings (SSSR count). The SMILES string of the molecule is CCCC1CCN(C2(CN)CCSC2)CC1. The van der Waals surface area contributed by atoms with Crippen LogP contribution in [0.1, 0.15) is 39.0 Å².